The third-order valence-corrected chi connectivity index (χ3v) is 4.24. The fraction of sp³-hybridized carbons (Fsp3) is 0.176. The van der Waals surface area contributed by atoms with Gasteiger partial charge in [-0.05, 0) is 37.3 Å². The zero-order valence-electron chi connectivity index (χ0n) is 12.8. The number of anilines is 1. The lowest BCUT2D eigenvalue weighted by molar-refractivity contribution is -0.150. The minimum absolute atomic E-state index is 0.100. The molecule has 2 rings (SSSR count). The average Bonchev–Trinajstić information content (AvgIpc) is 2.57. The van der Waals surface area contributed by atoms with Gasteiger partial charge in [0.05, 0.1) is 10.8 Å². The van der Waals surface area contributed by atoms with Crippen molar-refractivity contribution < 1.29 is 18.7 Å². The Labute approximate surface area is 148 Å². The zero-order chi connectivity index (χ0) is 17.5. The van der Waals surface area contributed by atoms with Gasteiger partial charge < -0.3 is 10.1 Å². The Kier molecular flexibility index (Phi) is 6.63. The van der Waals surface area contributed by atoms with Crippen LogP contribution in [0.3, 0.4) is 0 Å². The van der Waals surface area contributed by atoms with E-state index >= 15 is 0 Å². The van der Waals surface area contributed by atoms with Crippen LogP contribution in [0.15, 0.2) is 53.4 Å². The predicted molar refractivity (Wildman–Crippen MR) is 92.8 cm³/mol. The van der Waals surface area contributed by atoms with Crippen LogP contribution in [-0.4, -0.2) is 23.7 Å². The van der Waals surface area contributed by atoms with Gasteiger partial charge in [0.2, 0.25) is 0 Å². The molecule has 0 bridgehead atoms. The van der Waals surface area contributed by atoms with E-state index in [2.05, 4.69) is 5.32 Å². The smallest absolute Gasteiger partial charge is 0.317 e. The summed E-state index contributed by atoms with van der Waals surface area (Å²) in [5.41, 5.74) is 0.327. The summed E-state index contributed by atoms with van der Waals surface area (Å²) in [6.07, 6.45) is -0.974. The lowest BCUT2D eigenvalue weighted by Gasteiger charge is -2.13. The topological polar surface area (TPSA) is 55.4 Å². The second-order valence-corrected chi connectivity index (χ2v) is 6.31. The molecule has 0 aliphatic carbocycles. The predicted octanol–water partition coefficient (Wildman–Crippen LogP) is 4.14. The highest BCUT2D eigenvalue weighted by atomic mass is 35.5. The van der Waals surface area contributed by atoms with Crippen molar-refractivity contribution in [3.8, 4) is 0 Å². The molecule has 0 aromatic heterocycles. The zero-order valence-corrected chi connectivity index (χ0v) is 14.4. The molecular formula is C17H15ClFNO3S. The number of amides is 1. The van der Waals surface area contributed by atoms with Crippen LogP contribution in [0.4, 0.5) is 10.1 Å². The van der Waals surface area contributed by atoms with Crippen molar-refractivity contribution in [1.82, 2.24) is 0 Å². The molecular weight excluding hydrogens is 353 g/mol. The number of ether oxygens (including phenoxy) is 1. The van der Waals surface area contributed by atoms with Gasteiger partial charge in [0.1, 0.15) is 5.82 Å². The first-order valence-electron chi connectivity index (χ1n) is 7.09. The van der Waals surface area contributed by atoms with E-state index in [0.29, 0.717) is 5.69 Å². The molecule has 2 aromatic rings. The van der Waals surface area contributed by atoms with E-state index < -0.39 is 23.8 Å². The van der Waals surface area contributed by atoms with Crippen molar-refractivity contribution in [3.05, 3.63) is 59.4 Å². The molecule has 0 radical (unpaired) electrons. The van der Waals surface area contributed by atoms with Crippen molar-refractivity contribution in [3.63, 3.8) is 0 Å². The van der Waals surface area contributed by atoms with Gasteiger partial charge in [0.15, 0.2) is 6.10 Å². The summed E-state index contributed by atoms with van der Waals surface area (Å²) in [4.78, 5) is 24.7. The second kappa shape index (κ2) is 8.70. The minimum atomic E-state index is -0.974. The van der Waals surface area contributed by atoms with Gasteiger partial charge in [-0.25, -0.2) is 4.39 Å². The van der Waals surface area contributed by atoms with Crippen molar-refractivity contribution in [2.24, 2.45) is 0 Å². The maximum absolute atomic E-state index is 13.1. The number of thioether (sulfide) groups is 1. The summed E-state index contributed by atoms with van der Waals surface area (Å²) in [6, 6.07) is 13.2. The molecule has 0 spiro atoms. The number of halogens is 2. The number of carbonyl (C=O) groups excluding carboxylic acids is 2. The molecule has 1 atom stereocenters. The van der Waals surface area contributed by atoms with Gasteiger partial charge in [0, 0.05) is 10.6 Å². The van der Waals surface area contributed by atoms with E-state index in [4.69, 9.17) is 16.3 Å². The maximum Gasteiger partial charge on any atom is 0.317 e. The van der Waals surface area contributed by atoms with E-state index in [1.165, 1.54) is 30.8 Å². The SMILES string of the molecule is C[C@@H](OC(=O)CSc1ccccc1)C(=O)Nc1ccc(F)c(Cl)c1. The standard InChI is InChI=1S/C17H15ClFNO3S/c1-11(17(22)20-12-7-8-15(19)14(18)9-12)23-16(21)10-24-13-5-3-2-4-6-13/h2-9,11H,10H2,1H3,(H,20,22)/t11-/m1/s1. The third kappa shape index (κ3) is 5.54. The molecule has 4 nitrogen and oxygen atoms in total. The van der Waals surface area contributed by atoms with Crippen LogP contribution in [0.5, 0.6) is 0 Å². The van der Waals surface area contributed by atoms with Gasteiger partial charge in [-0.3, -0.25) is 9.59 Å². The molecule has 0 aliphatic heterocycles. The van der Waals surface area contributed by atoms with Crippen LogP contribution in [0, 0.1) is 5.82 Å². The largest absolute Gasteiger partial charge is 0.452 e. The normalized spacial score (nSPS) is 11.6. The highest BCUT2D eigenvalue weighted by molar-refractivity contribution is 8.00. The first-order valence-corrected chi connectivity index (χ1v) is 8.45. The third-order valence-electron chi connectivity index (χ3n) is 2.96. The molecule has 0 unspecified atom stereocenters. The number of hydrogen-bond acceptors (Lipinski definition) is 4. The Balaban J connectivity index is 1.82. The first-order chi connectivity index (χ1) is 11.5. The van der Waals surface area contributed by atoms with E-state index in [9.17, 15) is 14.0 Å². The Morgan fingerprint density at radius 1 is 1.25 bits per heavy atom. The number of benzene rings is 2. The molecule has 0 saturated carbocycles. The van der Waals surface area contributed by atoms with E-state index in [-0.39, 0.29) is 10.8 Å². The molecule has 7 heteroatoms. The number of carbonyl (C=O) groups is 2. The van der Waals surface area contributed by atoms with E-state index in [1.54, 1.807) is 0 Å². The average molecular weight is 368 g/mol. The number of hydrogen-bond donors (Lipinski definition) is 1. The molecule has 0 aliphatic rings. The fourth-order valence-corrected chi connectivity index (χ4v) is 2.64. The number of esters is 1. The van der Waals surface area contributed by atoms with Gasteiger partial charge >= 0.3 is 5.97 Å². The fourth-order valence-electron chi connectivity index (χ4n) is 1.76. The van der Waals surface area contributed by atoms with Crippen molar-refractivity contribution in [1.29, 1.82) is 0 Å². The molecule has 0 fully saturated rings. The van der Waals surface area contributed by atoms with Crippen LogP contribution >= 0.6 is 23.4 Å². The Morgan fingerprint density at radius 2 is 1.96 bits per heavy atom. The molecule has 126 valence electrons. The number of nitrogens with one attached hydrogen (secondary N) is 1. The summed E-state index contributed by atoms with van der Waals surface area (Å²) in [5.74, 6) is -1.49. The molecule has 0 heterocycles. The van der Waals surface area contributed by atoms with Crippen LogP contribution in [0.2, 0.25) is 5.02 Å². The summed E-state index contributed by atoms with van der Waals surface area (Å²) in [5, 5.41) is 2.41. The maximum atomic E-state index is 13.1. The van der Waals surface area contributed by atoms with Crippen LogP contribution < -0.4 is 5.32 Å². The lowest BCUT2D eigenvalue weighted by atomic mass is 10.3. The number of rotatable bonds is 6. The highest BCUT2D eigenvalue weighted by Gasteiger charge is 2.18. The minimum Gasteiger partial charge on any atom is -0.452 e. The molecule has 2 aromatic carbocycles. The Morgan fingerprint density at radius 3 is 2.62 bits per heavy atom. The summed E-state index contributed by atoms with van der Waals surface area (Å²) in [6.45, 7) is 1.46. The Bertz CT molecular complexity index is 727. The highest BCUT2D eigenvalue weighted by Crippen LogP contribution is 2.20. The van der Waals surface area contributed by atoms with Crippen LogP contribution in [0.1, 0.15) is 6.92 Å². The van der Waals surface area contributed by atoms with Crippen molar-refractivity contribution >= 4 is 40.9 Å². The van der Waals surface area contributed by atoms with Crippen molar-refractivity contribution in [2.75, 3.05) is 11.1 Å². The van der Waals surface area contributed by atoms with Gasteiger partial charge in [0.25, 0.3) is 5.91 Å². The van der Waals surface area contributed by atoms with E-state index in [1.807, 2.05) is 30.3 Å². The summed E-state index contributed by atoms with van der Waals surface area (Å²) in [7, 11) is 0. The second-order valence-electron chi connectivity index (χ2n) is 4.85. The van der Waals surface area contributed by atoms with E-state index in [0.717, 1.165) is 11.0 Å². The monoisotopic (exact) mass is 367 g/mol. The van der Waals surface area contributed by atoms with Crippen LogP contribution in [0.25, 0.3) is 0 Å². The molecule has 24 heavy (non-hydrogen) atoms. The van der Waals surface area contributed by atoms with Crippen molar-refractivity contribution in [2.45, 2.75) is 17.9 Å². The van der Waals surface area contributed by atoms with Gasteiger partial charge in [-0.1, -0.05) is 29.8 Å². The van der Waals surface area contributed by atoms with Crippen LogP contribution in [-0.2, 0) is 14.3 Å². The molecule has 1 amide bonds. The Hall–Kier alpha value is -2.05. The van der Waals surface area contributed by atoms with Gasteiger partial charge in [-0.15, -0.1) is 11.8 Å². The summed E-state index contributed by atoms with van der Waals surface area (Å²) >= 11 is 6.97. The quantitative estimate of drug-likeness (QED) is 0.615. The molecule has 1 N–H and O–H groups in total. The van der Waals surface area contributed by atoms with Gasteiger partial charge in [-0.2, -0.15) is 0 Å². The first kappa shape index (κ1) is 18.3. The lowest BCUT2D eigenvalue weighted by Crippen LogP contribution is -2.30. The summed E-state index contributed by atoms with van der Waals surface area (Å²) < 4.78 is 18.2. The molecule has 0 saturated heterocycles.